The molecule has 0 bridgehead atoms. The lowest BCUT2D eigenvalue weighted by atomic mass is 10.1. The number of sulfone groups is 1. The molecular weight excluding hydrogens is 298 g/mol. The van der Waals surface area contributed by atoms with Crippen LogP contribution in [0.2, 0.25) is 0 Å². The molecule has 0 spiro atoms. The van der Waals surface area contributed by atoms with Gasteiger partial charge in [0.25, 0.3) is 0 Å². The summed E-state index contributed by atoms with van der Waals surface area (Å²) in [7, 11) is -3.02. The van der Waals surface area contributed by atoms with Gasteiger partial charge in [0.1, 0.15) is 0 Å². The predicted molar refractivity (Wildman–Crippen MR) is 75.6 cm³/mol. The van der Waals surface area contributed by atoms with Gasteiger partial charge in [-0.15, -0.1) is 0 Å². The van der Waals surface area contributed by atoms with Crippen LogP contribution in [0.1, 0.15) is 19.3 Å². The highest BCUT2D eigenvalue weighted by Gasteiger charge is 2.28. The Labute approximate surface area is 123 Å². The van der Waals surface area contributed by atoms with Crippen molar-refractivity contribution in [3.63, 3.8) is 0 Å². The van der Waals surface area contributed by atoms with E-state index in [0.29, 0.717) is 19.6 Å². The molecule has 0 aromatic carbocycles. The summed E-state index contributed by atoms with van der Waals surface area (Å²) in [6.45, 7) is 1.09. The van der Waals surface area contributed by atoms with Crippen LogP contribution in [0, 0.1) is 0 Å². The van der Waals surface area contributed by atoms with Crippen LogP contribution in [0.5, 0.6) is 0 Å². The van der Waals surface area contributed by atoms with Gasteiger partial charge < -0.3 is 20.7 Å². The van der Waals surface area contributed by atoms with Crippen molar-refractivity contribution >= 4 is 21.8 Å². The lowest BCUT2D eigenvalue weighted by molar-refractivity contribution is -0.120. The van der Waals surface area contributed by atoms with E-state index in [1.54, 1.807) is 0 Å². The standard InChI is InChI=1S/C12H21N3O5S/c16-11(14-10-3-6-21(18,19)8-10)7-13-12(17)15-9-1-4-20-5-2-9/h9-10H,1-8H2,(H,14,16)(H2,13,15,17). The molecule has 2 heterocycles. The first kappa shape index (κ1) is 16.0. The molecule has 2 aliphatic heterocycles. The molecule has 2 aliphatic rings. The summed E-state index contributed by atoms with van der Waals surface area (Å²) in [6.07, 6.45) is 1.96. The summed E-state index contributed by atoms with van der Waals surface area (Å²) in [5, 5.41) is 7.86. The number of amides is 3. The second-order valence-electron chi connectivity index (χ2n) is 5.38. The first-order valence-corrected chi connectivity index (χ1v) is 8.89. The molecule has 0 saturated carbocycles. The second-order valence-corrected chi connectivity index (χ2v) is 7.61. The molecule has 1 atom stereocenters. The third-order valence-electron chi connectivity index (χ3n) is 3.56. The number of nitrogens with one attached hydrogen (secondary N) is 3. The molecule has 0 radical (unpaired) electrons. The van der Waals surface area contributed by atoms with Crippen LogP contribution in [0.3, 0.4) is 0 Å². The number of hydrogen-bond donors (Lipinski definition) is 3. The van der Waals surface area contributed by atoms with E-state index in [1.807, 2.05) is 0 Å². The van der Waals surface area contributed by atoms with Crippen molar-refractivity contribution in [3.05, 3.63) is 0 Å². The molecular formula is C12H21N3O5S. The minimum Gasteiger partial charge on any atom is -0.381 e. The van der Waals surface area contributed by atoms with Crippen molar-refractivity contribution in [1.29, 1.82) is 0 Å². The lowest BCUT2D eigenvalue weighted by Crippen LogP contribution is -2.48. The van der Waals surface area contributed by atoms with E-state index in [4.69, 9.17) is 4.74 Å². The molecule has 2 rings (SSSR count). The molecule has 0 aliphatic carbocycles. The summed E-state index contributed by atoms with van der Waals surface area (Å²) in [5.74, 6) is -0.290. The smallest absolute Gasteiger partial charge is 0.315 e. The van der Waals surface area contributed by atoms with Crippen LogP contribution in [0.25, 0.3) is 0 Å². The van der Waals surface area contributed by atoms with E-state index < -0.39 is 15.9 Å². The maximum absolute atomic E-state index is 11.6. The number of urea groups is 1. The number of carbonyl (C=O) groups is 2. The van der Waals surface area contributed by atoms with Crippen molar-refractivity contribution < 1.29 is 22.7 Å². The van der Waals surface area contributed by atoms with Gasteiger partial charge in [0, 0.05) is 25.3 Å². The summed E-state index contributed by atoms with van der Waals surface area (Å²) < 4.78 is 27.7. The maximum atomic E-state index is 11.6. The van der Waals surface area contributed by atoms with Gasteiger partial charge in [-0.2, -0.15) is 0 Å². The average molecular weight is 319 g/mol. The van der Waals surface area contributed by atoms with Crippen LogP contribution < -0.4 is 16.0 Å². The fourth-order valence-corrected chi connectivity index (χ4v) is 4.10. The Morgan fingerprint density at radius 3 is 2.38 bits per heavy atom. The highest BCUT2D eigenvalue weighted by atomic mass is 32.2. The molecule has 3 N–H and O–H groups in total. The number of rotatable bonds is 4. The third kappa shape index (κ3) is 5.50. The van der Waals surface area contributed by atoms with Crippen molar-refractivity contribution in [1.82, 2.24) is 16.0 Å². The summed E-state index contributed by atoms with van der Waals surface area (Å²) in [4.78, 5) is 23.3. The third-order valence-corrected chi connectivity index (χ3v) is 5.33. The molecule has 1 unspecified atom stereocenters. The molecule has 2 saturated heterocycles. The minimum absolute atomic E-state index is 0.0208. The van der Waals surface area contributed by atoms with Crippen molar-refractivity contribution in [2.45, 2.75) is 31.3 Å². The van der Waals surface area contributed by atoms with E-state index in [-0.39, 0.29) is 36.0 Å². The van der Waals surface area contributed by atoms with E-state index in [9.17, 15) is 18.0 Å². The molecule has 0 aromatic rings. The van der Waals surface area contributed by atoms with Crippen LogP contribution in [0.4, 0.5) is 4.79 Å². The Hall–Kier alpha value is -1.35. The van der Waals surface area contributed by atoms with E-state index in [1.165, 1.54) is 0 Å². The lowest BCUT2D eigenvalue weighted by Gasteiger charge is -2.23. The zero-order valence-electron chi connectivity index (χ0n) is 11.8. The van der Waals surface area contributed by atoms with Gasteiger partial charge in [0.2, 0.25) is 5.91 Å². The summed E-state index contributed by atoms with van der Waals surface area (Å²) >= 11 is 0. The largest absolute Gasteiger partial charge is 0.381 e. The Bertz CT molecular complexity index is 487. The SMILES string of the molecule is O=C(CNC(=O)NC1CCOCC1)NC1CCS(=O)(=O)C1. The molecule has 8 nitrogen and oxygen atoms in total. The van der Waals surface area contributed by atoms with Gasteiger partial charge in [-0.05, 0) is 19.3 Å². The first-order valence-electron chi connectivity index (χ1n) is 7.06. The van der Waals surface area contributed by atoms with E-state index in [2.05, 4.69) is 16.0 Å². The van der Waals surface area contributed by atoms with Gasteiger partial charge in [-0.1, -0.05) is 0 Å². The zero-order valence-corrected chi connectivity index (χ0v) is 12.6. The second kappa shape index (κ2) is 7.08. The summed E-state index contributed by atoms with van der Waals surface area (Å²) in [5.41, 5.74) is 0. The number of carbonyl (C=O) groups excluding carboxylic acids is 2. The van der Waals surface area contributed by atoms with Gasteiger partial charge in [0.15, 0.2) is 9.84 Å². The normalized spacial score (nSPS) is 25.2. The molecule has 3 amide bonds. The van der Waals surface area contributed by atoms with Crippen LogP contribution in [-0.2, 0) is 19.4 Å². The fraction of sp³-hybridized carbons (Fsp3) is 0.833. The first-order chi connectivity index (χ1) is 9.94. The van der Waals surface area contributed by atoms with Crippen molar-refractivity contribution in [2.75, 3.05) is 31.3 Å². The molecule has 9 heteroatoms. The van der Waals surface area contributed by atoms with Gasteiger partial charge in [-0.25, -0.2) is 13.2 Å². The summed E-state index contributed by atoms with van der Waals surface area (Å²) in [6, 6.07) is -0.666. The molecule has 120 valence electrons. The minimum atomic E-state index is -3.02. The number of ether oxygens (including phenoxy) is 1. The average Bonchev–Trinajstić information content (AvgIpc) is 2.77. The van der Waals surface area contributed by atoms with Gasteiger partial charge in [0.05, 0.1) is 18.1 Å². The predicted octanol–water partition coefficient (Wildman–Crippen LogP) is -1.23. The van der Waals surface area contributed by atoms with Crippen LogP contribution >= 0.6 is 0 Å². The molecule has 21 heavy (non-hydrogen) atoms. The highest BCUT2D eigenvalue weighted by molar-refractivity contribution is 7.91. The van der Waals surface area contributed by atoms with Crippen LogP contribution in [0.15, 0.2) is 0 Å². The highest BCUT2D eigenvalue weighted by Crippen LogP contribution is 2.10. The molecule has 2 fully saturated rings. The maximum Gasteiger partial charge on any atom is 0.315 e. The Kier molecular flexibility index (Phi) is 5.40. The Morgan fingerprint density at radius 1 is 1.05 bits per heavy atom. The van der Waals surface area contributed by atoms with E-state index in [0.717, 1.165) is 12.8 Å². The molecule has 0 aromatic heterocycles. The monoisotopic (exact) mass is 319 g/mol. The van der Waals surface area contributed by atoms with Crippen molar-refractivity contribution in [3.8, 4) is 0 Å². The quantitative estimate of drug-likeness (QED) is 0.600. The fourth-order valence-electron chi connectivity index (χ4n) is 2.43. The van der Waals surface area contributed by atoms with Gasteiger partial charge >= 0.3 is 6.03 Å². The number of hydrogen-bond acceptors (Lipinski definition) is 5. The Balaban J connectivity index is 1.63. The van der Waals surface area contributed by atoms with Crippen LogP contribution in [-0.4, -0.2) is 63.7 Å². The zero-order chi connectivity index (χ0) is 15.3. The Morgan fingerprint density at radius 2 is 1.76 bits per heavy atom. The van der Waals surface area contributed by atoms with E-state index >= 15 is 0 Å². The topological polar surface area (TPSA) is 114 Å². The van der Waals surface area contributed by atoms with Gasteiger partial charge in [-0.3, -0.25) is 4.79 Å². The van der Waals surface area contributed by atoms with Crippen molar-refractivity contribution in [2.24, 2.45) is 0 Å².